The van der Waals surface area contributed by atoms with Crippen molar-refractivity contribution in [3.05, 3.63) is 82.0 Å². The second kappa shape index (κ2) is 3.84. The first kappa shape index (κ1) is 11.0. The summed E-state index contributed by atoms with van der Waals surface area (Å²) < 4.78 is 0. The summed E-state index contributed by atoms with van der Waals surface area (Å²) in [5, 5.41) is 0. The summed E-state index contributed by atoms with van der Waals surface area (Å²) in [5.41, 5.74) is 8.97. The Morgan fingerprint density at radius 3 is 2.84 bits per heavy atom. The summed E-state index contributed by atoms with van der Waals surface area (Å²) in [6, 6.07) is 0. The molecule has 0 spiro atoms. The van der Waals surface area contributed by atoms with E-state index in [-0.39, 0.29) is 0 Å². The van der Waals surface area contributed by atoms with E-state index < -0.39 is 0 Å². The third-order valence-electron chi connectivity index (χ3n) is 4.53. The predicted molar refractivity (Wildman–Crippen MR) is 80.6 cm³/mol. The van der Waals surface area contributed by atoms with Crippen LogP contribution in [0.1, 0.15) is 20.3 Å². The molecule has 4 aliphatic rings. The van der Waals surface area contributed by atoms with Gasteiger partial charge in [0.15, 0.2) is 0 Å². The van der Waals surface area contributed by atoms with E-state index in [0.29, 0.717) is 11.8 Å². The van der Waals surface area contributed by atoms with Gasteiger partial charge in [0, 0.05) is 5.92 Å². The third-order valence-corrected chi connectivity index (χ3v) is 4.53. The van der Waals surface area contributed by atoms with E-state index in [1.54, 1.807) is 5.57 Å². The molecule has 0 aromatic rings. The minimum absolute atomic E-state index is 0.493. The van der Waals surface area contributed by atoms with Gasteiger partial charge in [-0.25, -0.2) is 0 Å². The number of hydrogen-bond acceptors (Lipinski definition) is 0. The highest BCUT2D eigenvalue weighted by Gasteiger charge is 2.35. The van der Waals surface area contributed by atoms with Crippen molar-refractivity contribution >= 4 is 0 Å². The van der Waals surface area contributed by atoms with Crippen molar-refractivity contribution in [2.75, 3.05) is 0 Å². The van der Waals surface area contributed by atoms with Gasteiger partial charge in [-0.05, 0) is 45.8 Å². The zero-order valence-corrected chi connectivity index (χ0v) is 11.5. The van der Waals surface area contributed by atoms with Crippen LogP contribution < -0.4 is 0 Å². The van der Waals surface area contributed by atoms with Gasteiger partial charge < -0.3 is 0 Å². The fourth-order valence-electron chi connectivity index (χ4n) is 3.65. The lowest BCUT2D eigenvalue weighted by molar-refractivity contribution is 0.714. The Morgan fingerprint density at radius 1 is 1.11 bits per heavy atom. The van der Waals surface area contributed by atoms with Crippen LogP contribution in [0.15, 0.2) is 82.0 Å². The molecule has 0 amide bonds. The van der Waals surface area contributed by atoms with Gasteiger partial charge in [-0.1, -0.05) is 62.5 Å². The Kier molecular flexibility index (Phi) is 2.23. The van der Waals surface area contributed by atoms with Gasteiger partial charge >= 0.3 is 0 Å². The Balaban J connectivity index is 2.02. The largest absolute Gasteiger partial charge is 0.0795 e. The lowest BCUT2D eigenvalue weighted by Gasteiger charge is -2.38. The van der Waals surface area contributed by atoms with Crippen LogP contribution in [-0.2, 0) is 0 Å². The normalized spacial score (nSPS) is 26.8. The Labute approximate surface area is 114 Å². The molecule has 1 atom stereocenters. The summed E-state index contributed by atoms with van der Waals surface area (Å²) in [5.74, 6) is 1.07. The molecule has 0 N–H and O–H groups in total. The summed E-state index contributed by atoms with van der Waals surface area (Å²) >= 11 is 0. The van der Waals surface area contributed by atoms with Crippen LogP contribution in [-0.4, -0.2) is 0 Å². The standard InChI is InChI=1S/C19H18/c1-12(2)17-11-15-7-3-5-13-9-10-14-6-4-8-16(17)19(14)18(13)15/h3-4,6-12,19H,5H2,1-2H3. The van der Waals surface area contributed by atoms with Crippen LogP contribution in [0.3, 0.4) is 0 Å². The monoisotopic (exact) mass is 246 g/mol. The van der Waals surface area contributed by atoms with Gasteiger partial charge in [0.25, 0.3) is 0 Å². The molecule has 0 bridgehead atoms. The maximum atomic E-state index is 2.41. The maximum absolute atomic E-state index is 2.41. The fraction of sp³-hybridized carbons (Fsp3) is 0.263. The van der Waals surface area contributed by atoms with E-state index in [1.807, 2.05) is 0 Å². The van der Waals surface area contributed by atoms with Gasteiger partial charge in [0.2, 0.25) is 0 Å². The Bertz CT molecular complexity index is 667. The Morgan fingerprint density at radius 2 is 2.00 bits per heavy atom. The molecule has 0 nitrogen and oxygen atoms in total. The summed E-state index contributed by atoms with van der Waals surface area (Å²) in [4.78, 5) is 0. The van der Waals surface area contributed by atoms with Gasteiger partial charge in [0.1, 0.15) is 0 Å². The topological polar surface area (TPSA) is 0 Å². The predicted octanol–water partition coefficient (Wildman–Crippen LogP) is 4.82. The molecule has 0 saturated carbocycles. The molecule has 4 rings (SSSR count). The molecule has 4 aliphatic carbocycles. The summed E-state index contributed by atoms with van der Waals surface area (Å²) in [6.07, 6.45) is 19.5. The first-order valence-corrected chi connectivity index (χ1v) is 7.18. The lowest BCUT2D eigenvalue weighted by Crippen LogP contribution is -2.24. The number of rotatable bonds is 1. The van der Waals surface area contributed by atoms with Crippen LogP contribution in [0.5, 0.6) is 0 Å². The molecule has 0 heterocycles. The van der Waals surface area contributed by atoms with E-state index >= 15 is 0 Å². The molecule has 19 heavy (non-hydrogen) atoms. The van der Waals surface area contributed by atoms with Crippen LogP contribution in [0.2, 0.25) is 0 Å². The molecule has 0 saturated heterocycles. The molecule has 0 aromatic heterocycles. The maximum Gasteiger partial charge on any atom is 0.0351 e. The summed E-state index contributed by atoms with van der Waals surface area (Å²) in [6.45, 7) is 4.60. The van der Waals surface area contributed by atoms with Crippen molar-refractivity contribution in [3.63, 3.8) is 0 Å². The van der Waals surface area contributed by atoms with Crippen molar-refractivity contribution < 1.29 is 0 Å². The smallest absolute Gasteiger partial charge is 0.0351 e. The fourth-order valence-corrected chi connectivity index (χ4v) is 3.65. The van der Waals surface area contributed by atoms with Crippen molar-refractivity contribution in [2.45, 2.75) is 20.3 Å². The molecule has 0 heteroatoms. The molecule has 0 aliphatic heterocycles. The van der Waals surface area contributed by atoms with Crippen molar-refractivity contribution in [1.82, 2.24) is 0 Å². The zero-order chi connectivity index (χ0) is 13.0. The van der Waals surface area contributed by atoms with E-state index in [2.05, 4.69) is 62.5 Å². The quantitative estimate of drug-likeness (QED) is 0.622. The van der Waals surface area contributed by atoms with E-state index in [9.17, 15) is 0 Å². The van der Waals surface area contributed by atoms with Gasteiger partial charge in [-0.2, -0.15) is 0 Å². The van der Waals surface area contributed by atoms with Gasteiger partial charge in [-0.3, -0.25) is 0 Å². The highest BCUT2D eigenvalue weighted by molar-refractivity contribution is 5.69. The number of allylic oxidation sites excluding steroid dienone is 14. The zero-order valence-electron chi connectivity index (χ0n) is 11.5. The minimum atomic E-state index is 0.493. The average Bonchev–Trinajstić information content (AvgIpc) is 2.44. The van der Waals surface area contributed by atoms with Crippen molar-refractivity contribution in [3.8, 4) is 0 Å². The molecule has 1 unspecified atom stereocenters. The minimum Gasteiger partial charge on any atom is -0.0795 e. The second-order valence-electron chi connectivity index (χ2n) is 6.00. The second-order valence-corrected chi connectivity index (χ2v) is 6.00. The molecular formula is C19H18. The molecular weight excluding hydrogens is 228 g/mol. The van der Waals surface area contributed by atoms with Gasteiger partial charge in [-0.15, -0.1) is 0 Å². The van der Waals surface area contributed by atoms with Crippen LogP contribution in [0.25, 0.3) is 0 Å². The van der Waals surface area contributed by atoms with Crippen LogP contribution in [0, 0.1) is 11.8 Å². The van der Waals surface area contributed by atoms with Gasteiger partial charge in [0.05, 0.1) is 0 Å². The van der Waals surface area contributed by atoms with Crippen molar-refractivity contribution in [1.29, 1.82) is 0 Å². The highest BCUT2D eigenvalue weighted by Crippen LogP contribution is 2.49. The van der Waals surface area contributed by atoms with Crippen LogP contribution >= 0.6 is 0 Å². The first-order chi connectivity index (χ1) is 9.25. The molecule has 0 fully saturated rings. The third kappa shape index (κ3) is 1.46. The summed E-state index contributed by atoms with van der Waals surface area (Å²) in [7, 11) is 0. The van der Waals surface area contributed by atoms with Crippen molar-refractivity contribution in [2.24, 2.45) is 11.8 Å². The number of hydrogen-bond donors (Lipinski definition) is 0. The molecule has 94 valence electrons. The van der Waals surface area contributed by atoms with E-state index in [0.717, 1.165) is 6.42 Å². The highest BCUT2D eigenvalue weighted by atomic mass is 14.4. The SMILES string of the molecule is CC(C)C1=CC2=C3C(=CC=C4C=CC=C1C43)CC=C2. The lowest BCUT2D eigenvalue weighted by atomic mass is 9.65. The van der Waals surface area contributed by atoms with E-state index in [4.69, 9.17) is 0 Å². The molecule has 0 aromatic carbocycles. The first-order valence-electron chi connectivity index (χ1n) is 7.18. The van der Waals surface area contributed by atoms with E-state index in [1.165, 1.54) is 27.9 Å². The average molecular weight is 246 g/mol. The van der Waals surface area contributed by atoms with Crippen LogP contribution in [0.4, 0.5) is 0 Å². The Hall–Kier alpha value is -1.82. The molecule has 0 radical (unpaired) electrons.